The number of halogens is 1. The van der Waals surface area contributed by atoms with Crippen molar-refractivity contribution in [1.82, 2.24) is 5.32 Å². The van der Waals surface area contributed by atoms with Gasteiger partial charge in [-0.2, -0.15) is 0 Å². The summed E-state index contributed by atoms with van der Waals surface area (Å²) in [5.41, 5.74) is 0.199. The lowest BCUT2D eigenvalue weighted by atomic mass is 10.2. The van der Waals surface area contributed by atoms with E-state index in [1.807, 2.05) is 0 Å². The Morgan fingerprint density at radius 1 is 1.41 bits per heavy atom. The van der Waals surface area contributed by atoms with Crippen LogP contribution in [0.15, 0.2) is 18.2 Å². The van der Waals surface area contributed by atoms with E-state index in [9.17, 15) is 9.18 Å². The molecule has 1 amide bonds. The molecule has 0 aliphatic carbocycles. The summed E-state index contributed by atoms with van der Waals surface area (Å²) in [6, 6.07) is 3.84. The maximum atomic E-state index is 13.0. The first kappa shape index (κ1) is 13.4. The quantitative estimate of drug-likeness (QED) is 0.769. The molecule has 1 N–H and O–H groups in total. The van der Waals surface area contributed by atoms with Gasteiger partial charge in [0.15, 0.2) is 0 Å². The fourth-order valence-electron chi connectivity index (χ4n) is 1.37. The Morgan fingerprint density at radius 3 is 2.82 bits per heavy atom. The average molecular weight is 241 g/mol. The summed E-state index contributed by atoms with van der Waals surface area (Å²) >= 11 is 0. The second-order valence-electron chi connectivity index (χ2n) is 3.45. The van der Waals surface area contributed by atoms with Gasteiger partial charge in [0.05, 0.1) is 12.7 Å². The van der Waals surface area contributed by atoms with Crippen molar-refractivity contribution in [2.24, 2.45) is 0 Å². The predicted octanol–water partition coefficient (Wildman–Crippen LogP) is 1.60. The van der Waals surface area contributed by atoms with Crippen molar-refractivity contribution in [1.29, 1.82) is 0 Å². The summed E-state index contributed by atoms with van der Waals surface area (Å²) in [6.45, 7) is 1.05. The first-order chi connectivity index (χ1) is 8.19. The molecule has 0 bridgehead atoms. The zero-order valence-electron chi connectivity index (χ0n) is 9.96. The molecule has 0 atom stereocenters. The van der Waals surface area contributed by atoms with Crippen molar-refractivity contribution in [3.05, 3.63) is 29.6 Å². The number of benzene rings is 1. The fraction of sp³-hybridized carbons (Fsp3) is 0.417. The Balaban J connectivity index is 2.64. The predicted molar refractivity (Wildman–Crippen MR) is 61.8 cm³/mol. The van der Waals surface area contributed by atoms with E-state index in [-0.39, 0.29) is 11.5 Å². The number of nitrogens with one attached hydrogen (secondary N) is 1. The Labute approximate surface area is 99.7 Å². The SMILES string of the molecule is COCCCNC(=O)c1cc(F)ccc1OC. The maximum absolute atomic E-state index is 13.0. The molecule has 1 aromatic carbocycles. The van der Waals surface area contributed by atoms with Crippen LogP contribution in [0.5, 0.6) is 5.75 Å². The minimum absolute atomic E-state index is 0.199. The van der Waals surface area contributed by atoms with Gasteiger partial charge in [0.25, 0.3) is 5.91 Å². The van der Waals surface area contributed by atoms with Gasteiger partial charge in [0.1, 0.15) is 11.6 Å². The molecule has 0 aliphatic heterocycles. The van der Waals surface area contributed by atoms with Crippen LogP contribution >= 0.6 is 0 Å². The highest BCUT2D eigenvalue weighted by atomic mass is 19.1. The summed E-state index contributed by atoms with van der Waals surface area (Å²) in [7, 11) is 3.03. The van der Waals surface area contributed by atoms with Crippen LogP contribution < -0.4 is 10.1 Å². The molecular weight excluding hydrogens is 225 g/mol. The van der Waals surface area contributed by atoms with Crippen LogP contribution in [0.1, 0.15) is 16.8 Å². The molecule has 1 rings (SSSR count). The molecule has 5 heteroatoms. The molecule has 94 valence electrons. The van der Waals surface area contributed by atoms with Crippen LogP contribution in [0.3, 0.4) is 0 Å². The zero-order chi connectivity index (χ0) is 12.7. The lowest BCUT2D eigenvalue weighted by Gasteiger charge is -2.09. The molecule has 17 heavy (non-hydrogen) atoms. The van der Waals surface area contributed by atoms with Gasteiger partial charge in [-0.3, -0.25) is 4.79 Å². The second-order valence-corrected chi connectivity index (χ2v) is 3.45. The van der Waals surface area contributed by atoms with E-state index in [0.29, 0.717) is 25.3 Å². The lowest BCUT2D eigenvalue weighted by Crippen LogP contribution is -2.25. The minimum Gasteiger partial charge on any atom is -0.496 e. The van der Waals surface area contributed by atoms with E-state index >= 15 is 0 Å². The van der Waals surface area contributed by atoms with Crippen molar-refractivity contribution in [3.63, 3.8) is 0 Å². The molecule has 0 spiro atoms. The van der Waals surface area contributed by atoms with Crippen molar-refractivity contribution < 1.29 is 18.7 Å². The van der Waals surface area contributed by atoms with Crippen LogP contribution in [0.25, 0.3) is 0 Å². The Morgan fingerprint density at radius 2 is 2.18 bits per heavy atom. The van der Waals surface area contributed by atoms with Gasteiger partial charge in [-0.05, 0) is 24.6 Å². The van der Waals surface area contributed by atoms with E-state index in [1.165, 1.54) is 19.2 Å². The monoisotopic (exact) mass is 241 g/mol. The smallest absolute Gasteiger partial charge is 0.255 e. The molecule has 0 unspecified atom stereocenters. The second kappa shape index (κ2) is 6.85. The van der Waals surface area contributed by atoms with Crippen molar-refractivity contribution in [2.45, 2.75) is 6.42 Å². The molecule has 0 saturated heterocycles. The molecule has 0 radical (unpaired) electrons. The van der Waals surface area contributed by atoms with Gasteiger partial charge < -0.3 is 14.8 Å². The molecule has 1 aromatic rings. The number of ether oxygens (including phenoxy) is 2. The number of rotatable bonds is 6. The van der Waals surface area contributed by atoms with Gasteiger partial charge >= 0.3 is 0 Å². The van der Waals surface area contributed by atoms with E-state index in [1.54, 1.807) is 7.11 Å². The number of hydrogen-bond acceptors (Lipinski definition) is 3. The topological polar surface area (TPSA) is 47.6 Å². The van der Waals surface area contributed by atoms with Gasteiger partial charge in [-0.15, -0.1) is 0 Å². The van der Waals surface area contributed by atoms with Gasteiger partial charge in [0, 0.05) is 20.3 Å². The van der Waals surface area contributed by atoms with Gasteiger partial charge in [-0.25, -0.2) is 4.39 Å². The third kappa shape index (κ3) is 4.03. The Hall–Kier alpha value is -1.62. The molecule has 0 aromatic heterocycles. The Bertz CT molecular complexity index is 382. The molecule has 4 nitrogen and oxygen atoms in total. The van der Waals surface area contributed by atoms with Crippen molar-refractivity contribution in [2.75, 3.05) is 27.4 Å². The molecular formula is C12H16FNO3. The van der Waals surface area contributed by atoms with Crippen LogP contribution in [0.2, 0.25) is 0 Å². The van der Waals surface area contributed by atoms with E-state index in [0.717, 1.165) is 6.07 Å². The third-order valence-corrected chi connectivity index (χ3v) is 2.22. The largest absolute Gasteiger partial charge is 0.496 e. The van der Waals surface area contributed by atoms with E-state index in [2.05, 4.69) is 5.32 Å². The first-order valence-electron chi connectivity index (χ1n) is 5.29. The van der Waals surface area contributed by atoms with Crippen LogP contribution in [0.4, 0.5) is 4.39 Å². The highest BCUT2D eigenvalue weighted by molar-refractivity contribution is 5.96. The molecule has 0 saturated carbocycles. The van der Waals surface area contributed by atoms with Crippen LogP contribution in [0, 0.1) is 5.82 Å². The standard InChI is InChI=1S/C12H16FNO3/c1-16-7-3-6-14-12(15)10-8-9(13)4-5-11(10)17-2/h4-5,8H,3,6-7H2,1-2H3,(H,14,15). The highest BCUT2D eigenvalue weighted by Crippen LogP contribution is 2.18. The maximum Gasteiger partial charge on any atom is 0.255 e. The number of hydrogen-bond donors (Lipinski definition) is 1. The van der Waals surface area contributed by atoms with E-state index in [4.69, 9.17) is 9.47 Å². The van der Waals surface area contributed by atoms with Crippen LogP contribution in [-0.2, 0) is 4.74 Å². The number of carbonyl (C=O) groups is 1. The summed E-state index contributed by atoms with van der Waals surface area (Å²) in [5, 5.41) is 2.67. The molecule has 0 fully saturated rings. The first-order valence-corrected chi connectivity index (χ1v) is 5.29. The minimum atomic E-state index is -0.465. The van der Waals surface area contributed by atoms with Crippen molar-refractivity contribution in [3.8, 4) is 5.75 Å². The normalized spacial score (nSPS) is 10.1. The summed E-state index contributed by atoms with van der Waals surface area (Å²) in [5.74, 6) is -0.457. The van der Waals surface area contributed by atoms with Crippen molar-refractivity contribution >= 4 is 5.91 Å². The van der Waals surface area contributed by atoms with Gasteiger partial charge in [0.2, 0.25) is 0 Å². The highest BCUT2D eigenvalue weighted by Gasteiger charge is 2.12. The zero-order valence-corrected chi connectivity index (χ0v) is 9.96. The summed E-state index contributed by atoms with van der Waals surface area (Å²) in [6.07, 6.45) is 0.708. The fourth-order valence-corrected chi connectivity index (χ4v) is 1.37. The van der Waals surface area contributed by atoms with Crippen LogP contribution in [-0.4, -0.2) is 33.3 Å². The number of methoxy groups -OCH3 is 2. The summed E-state index contributed by atoms with van der Waals surface area (Å²) in [4.78, 5) is 11.7. The molecule has 0 heterocycles. The number of amides is 1. The lowest BCUT2D eigenvalue weighted by molar-refractivity contribution is 0.0945. The number of carbonyl (C=O) groups excluding carboxylic acids is 1. The van der Waals surface area contributed by atoms with Gasteiger partial charge in [-0.1, -0.05) is 0 Å². The third-order valence-electron chi connectivity index (χ3n) is 2.22. The molecule has 0 aliphatic rings. The average Bonchev–Trinajstić information content (AvgIpc) is 2.34. The van der Waals surface area contributed by atoms with E-state index < -0.39 is 5.82 Å². The Kier molecular flexibility index (Phi) is 5.42. The summed E-state index contributed by atoms with van der Waals surface area (Å²) < 4.78 is 22.9.